The number of ether oxygens (including phenoxy) is 1. The van der Waals surface area contributed by atoms with Gasteiger partial charge in [-0.3, -0.25) is 19.3 Å². The zero-order valence-corrected chi connectivity index (χ0v) is 23.7. The highest BCUT2D eigenvalue weighted by Crippen LogP contribution is 2.48. The first-order chi connectivity index (χ1) is 18.9. The molecule has 7 atom stereocenters. The summed E-state index contributed by atoms with van der Waals surface area (Å²) >= 11 is 0. The van der Waals surface area contributed by atoms with Gasteiger partial charge in [0.25, 0.3) is 5.91 Å². The van der Waals surface area contributed by atoms with Crippen molar-refractivity contribution in [3.05, 3.63) is 35.4 Å². The highest BCUT2D eigenvalue weighted by atomic mass is 16.6. The van der Waals surface area contributed by atoms with Crippen LogP contribution in [-0.2, 0) is 14.3 Å². The first-order valence-electron chi connectivity index (χ1n) is 14.0. The molecule has 3 heterocycles. The molecule has 3 unspecified atom stereocenters. The van der Waals surface area contributed by atoms with E-state index in [0.717, 1.165) is 12.0 Å². The van der Waals surface area contributed by atoms with Crippen molar-refractivity contribution in [1.29, 1.82) is 5.26 Å². The molecule has 3 saturated heterocycles. The summed E-state index contributed by atoms with van der Waals surface area (Å²) < 4.78 is 5.44. The summed E-state index contributed by atoms with van der Waals surface area (Å²) in [7, 11) is 1.58. The minimum Gasteiger partial charge on any atom is -0.444 e. The molecule has 0 aromatic heterocycles. The summed E-state index contributed by atoms with van der Waals surface area (Å²) in [6.07, 6.45) is 1.49. The van der Waals surface area contributed by atoms with E-state index in [9.17, 15) is 24.4 Å². The zero-order chi connectivity index (χ0) is 28.9. The van der Waals surface area contributed by atoms with Gasteiger partial charge in [0.1, 0.15) is 17.7 Å². The summed E-state index contributed by atoms with van der Waals surface area (Å²) in [4.78, 5) is 57.4. The lowest BCUT2D eigenvalue weighted by atomic mass is 10.0. The van der Waals surface area contributed by atoms with E-state index in [1.54, 1.807) is 44.9 Å². The smallest absolute Gasteiger partial charge is 0.408 e. The van der Waals surface area contributed by atoms with Crippen LogP contribution in [-0.4, -0.2) is 94.5 Å². The molecule has 4 fully saturated rings. The number of carbonyl (C=O) groups is 4. The van der Waals surface area contributed by atoms with E-state index >= 15 is 0 Å². The molecule has 1 aromatic rings. The van der Waals surface area contributed by atoms with Gasteiger partial charge in [0.05, 0.1) is 18.2 Å². The number of fused-ring (bicyclic) bond motifs is 3. The Morgan fingerprint density at radius 2 is 1.85 bits per heavy atom. The third-order valence-electron chi connectivity index (χ3n) is 8.53. The Bertz CT molecular complexity index is 1240. The van der Waals surface area contributed by atoms with Crippen LogP contribution in [0.3, 0.4) is 0 Å². The predicted octanol–water partition coefficient (Wildman–Crippen LogP) is 1.80. The molecule has 2 bridgehead atoms. The maximum Gasteiger partial charge on any atom is 0.408 e. The van der Waals surface area contributed by atoms with Crippen LogP contribution in [0.4, 0.5) is 4.79 Å². The normalized spacial score (nSPS) is 28.5. The zero-order valence-electron chi connectivity index (χ0n) is 23.7. The lowest BCUT2D eigenvalue weighted by molar-refractivity contribution is -0.141. The van der Waals surface area contributed by atoms with Crippen molar-refractivity contribution in [2.24, 2.45) is 5.92 Å². The van der Waals surface area contributed by atoms with Crippen molar-refractivity contribution in [2.45, 2.75) is 88.8 Å². The average Bonchev–Trinajstić information content (AvgIpc) is 3.23. The second-order valence-corrected chi connectivity index (χ2v) is 12.4. The third kappa shape index (κ3) is 5.24. The van der Waals surface area contributed by atoms with Gasteiger partial charge in [-0.25, -0.2) is 4.79 Å². The number of rotatable bonds is 7. The van der Waals surface area contributed by atoms with E-state index < -0.39 is 29.8 Å². The Morgan fingerprint density at radius 1 is 1.15 bits per heavy atom. The highest BCUT2D eigenvalue weighted by Gasteiger charge is 2.56. The minimum atomic E-state index is -0.930. The number of piperazine rings is 1. The molecule has 3 aliphatic heterocycles. The number of benzene rings is 1. The molecule has 4 amide bonds. The SMILES string of the molecule is CNC(=O)c1ccc(C(C)N2C(=O)[C@@H]3C[C@H]2CN3C[C@H](NC(=O)OC(C)(C)C)C(=O)N2C(C#N)C[C@@H]3CC32)cc1. The van der Waals surface area contributed by atoms with Gasteiger partial charge in [-0.2, -0.15) is 5.26 Å². The highest BCUT2D eigenvalue weighted by molar-refractivity contribution is 5.94. The van der Waals surface area contributed by atoms with Crippen LogP contribution in [0.1, 0.15) is 68.9 Å². The van der Waals surface area contributed by atoms with Crippen LogP contribution in [0.5, 0.6) is 0 Å². The molecule has 0 spiro atoms. The molecule has 1 saturated carbocycles. The Kier molecular flexibility index (Phi) is 7.25. The first kappa shape index (κ1) is 27.9. The van der Waals surface area contributed by atoms with Gasteiger partial charge in [0.2, 0.25) is 11.8 Å². The summed E-state index contributed by atoms with van der Waals surface area (Å²) in [6.45, 7) is 7.99. The van der Waals surface area contributed by atoms with Crippen molar-refractivity contribution < 1.29 is 23.9 Å². The molecule has 2 N–H and O–H groups in total. The fourth-order valence-electron chi connectivity index (χ4n) is 6.56. The van der Waals surface area contributed by atoms with Gasteiger partial charge >= 0.3 is 6.09 Å². The molecular formula is C29H38N6O5. The van der Waals surface area contributed by atoms with E-state index in [0.29, 0.717) is 30.9 Å². The third-order valence-corrected chi connectivity index (χ3v) is 8.53. The standard InChI is InChI=1S/C29H38N6O5/c1-16(17-6-8-18(9-7-17)25(36)31-5)34-21-12-24(27(34)38)33(14-21)15-22(32-28(39)40-29(2,3)4)26(37)35-20(13-30)10-19-11-23(19)35/h6-9,16,19-24H,10-12,14-15H2,1-5H3,(H,31,36)(H,32,39)/t16?,19-,20?,21+,22+,23?,24+/m1/s1. The Hall–Kier alpha value is -3.65. The van der Waals surface area contributed by atoms with E-state index in [-0.39, 0.29) is 42.4 Å². The maximum atomic E-state index is 13.7. The van der Waals surface area contributed by atoms with Gasteiger partial charge in [0, 0.05) is 37.8 Å². The molecule has 11 nitrogen and oxygen atoms in total. The molecular weight excluding hydrogens is 512 g/mol. The van der Waals surface area contributed by atoms with Crippen molar-refractivity contribution in [3.63, 3.8) is 0 Å². The van der Waals surface area contributed by atoms with Gasteiger partial charge in [-0.05, 0) is 70.6 Å². The van der Waals surface area contributed by atoms with Crippen LogP contribution in [0.2, 0.25) is 0 Å². The first-order valence-corrected chi connectivity index (χ1v) is 14.0. The number of nitrogens with zero attached hydrogens (tertiary/aromatic N) is 4. The topological polar surface area (TPSA) is 135 Å². The number of piperidine rings is 1. The number of hydrogen-bond donors (Lipinski definition) is 2. The molecule has 214 valence electrons. The quantitative estimate of drug-likeness (QED) is 0.529. The van der Waals surface area contributed by atoms with E-state index in [4.69, 9.17) is 4.74 Å². The van der Waals surface area contributed by atoms with Crippen molar-refractivity contribution in [2.75, 3.05) is 20.1 Å². The molecule has 11 heteroatoms. The number of nitrogens with one attached hydrogen (secondary N) is 2. The number of alkyl carbamates (subject to hydrolysis) is 1. The van der Waals surface area contributed by atoms with Crippen LogP contribution in [0, 0.1) is 17.2 Å². The van der Waals surface area contributed by atoms with E-state index in [1.165, 1.54) is 0 Å². The van der Waals surface area contributed by atoms with Gasteiger partial charge in [-0.1, -0.05) is 12.1 Å². The number of amides is 4. The molecule has 1 aromatic carbocycles. The second-order valence-electron chi connectivity index (χ2n) is 12.4. The molecule has 5 rings (SSSR count). The largest absolute Gasteiger partial charge is 0.444 e. The fraction of sp³-hybridized carbons (Fsp3) is 0.621. The number of likely N-dealkylation sites (tertiary alicyclic amines) is 3. The molecule has 0 radical (unpaired) electrons. The van der Waals surface area contributed by atoms with Gasteiger partial charge < -0.3 is 25.2 Å². The molecule has 40 heavy (non-hydrogen) atoms. The summed E-state index contributed by atoms with van der Waals surface area (Å²) in [5.41, 5.74) is 0.761. The number of nitriles is 1. The average molecular weight is 551 g/mol. The monoisotopic (exact) mass is 550 g/mol. The minimum absolute atomic E-state index is 0.0130. The van der Waals surface area contributed by atoms with Gasteiger partial charge in [0.15, 0.2) is 0 Å². The van der Waals surface area contributed by atoms with Crippen molar-refractivity contribution in [3.8, 4) is 6.07 Å². The van der Waals surface area contributed by atoms with E-state index in [2.05, 4.69) is 16.7 Å². The number of hydrogen-bond acceptors (Lipinski definition) is 7. The lowest BCUT2D eigenvalue weighted by Gasteiger charge is -2.39. The van der Waals surface area contributed by atoms with Gasteiger partial charge in [-0.15, -0.1) is 0 Å². The van der Waals surface area contributed by atoms with Crippen molar-refractivity contribution >= 4 is 23.8 Å². The van der Waals surface area contributed by atoms with Crippen LogP contribution in [0.15, 0.2) is 24.3 Å². The summed E-state index contributed by atoms with van der Waals surface area (Å²) in [5, 5.41) is 15.0. The Morgan fingerprint density at radius 3 is 2.45 bits per heavy atom. The van der Waals surface area contributed by atoms with Crippen LogP contribution in [0.25, 0.3) is 0 Å². The number of carbonyl (C=O) groups excluding carboxylic acids is 4. The summed E-state index contributed by atoms with van der Waals surface area (Å²) in [6, 6.07) is 7.51. The van der Waals surface area contributed by atoms with E-state index in [1.807, 2.05) is 28.9 Å². The second kappa shape index (κ2) is 10.4. The maximum absolute atomic E-state index is 13.7. The van der Waals surface area contributed by atoms with Crippen LogP contribution < -0.4 is 10.6 Å². The molecule has 1 aliphatic carbocycles. The van der Waals surface area contributed by atoms with Crippen molar-refractivity contribution in [1.82, 2.24) is 25.3 Å². The predicted molar refractivity (Wildman–Crippen MR) is 145 cm³/mol. The summed E-state index contributed by atoms with van der Waals surface area (Å²) in [5.74, 6) is -0.122. The Balaban J connectivity index is 1.29. The molecule has 4 aliphatic rings. The lowest BCUT2D eigenvalue weighted by Crippen LogP contribution is -2.59. The Labute approximate surface area is 234 Å². The van der Waals surface area contributed by atoms with Crippen LogP contribution >= 0.6 is 0 Å². The fourth-order valence-corrected chi connectivity index (χ4v) is 6.56.